The predicted octanol–water partition coefficient (Wildman–Crippen LogP) is 2.50. The van der Waals surface area contributed by atoms with Gasteiger partial charge in [-0.2, -0.15) is 0 Å². The standard InChI is InChI=1S/C14H19NO4/c1-6-7-12-9(3)15-14(19-11(5)17)8(2)13(12)18-10(4)16/h6-7H2,1-5H3. The molecule has 5 heteroatoms. The van der Waals surface area contributed by atoms with Crippen LogP contribution in [0.25, 0.3) is 0 Å². The number of rotatable bonds is 4. The molecule has 19 heavy (non-hydrogen) atoms. The maximum Gasteiger partial charge on any atom is 0.309 e. The molecule has 0 saturated carbocycles. The quantitative estimate of drug-likeness (QED) is 0.782. The Bertz CT molecular complexity index is 509. The molecule has 0 bridgehead atoms. The second-order valence-electron chi connectivity index (χ2n) is 4.37. The number of carbonyl (C=O) groups is 2. The van der Waals surface area contributed by atoms with E-state index in [2.05, 4.69) is 4.98 Å². The van der Waals surface area contributed by atoms with E-state index in [0.29, 0.717) is 17.0 Å². The third kappa shape index (κ3) is 3.77. The summed E-state index contributed by atoms with van der Waals surface area (Å²) in [4.78, 5) is 26.5. The number of hydrogen-bond donors (Lipinski definition) is 0. The zero-order valence-corrected chi connectivity index (χ0v) is 12.0. The third-order valence-corrected chi connectivity index (χ3v) is 2.63. The van der Waals surface area contributed by atoms with Crippen molar-refractivity contribution in [1.82, 2.24) is 4.98 Å². The van der Waals surface area contributed by atoms with Crippen molar-refractivity contribution in [3.8, 4) is 11.6 Å². The largest absolute Gasteiger partial charge is 0.426 e. The van der Waals surface area contributed by atoms with Gasteiger partial charge >= 0.3 is 11.9 Å². The van der Waals surface area contributed by atoms with E-state index in [-0.39, 0.29) is 5.88 Å². The van der Waals surface area contributed by atoms with Crippen molar-refractivity contribution < 1.29 is 19.1 Å². The van der Waals surface area contributed by atoms with Crippen LogP contribution in [0.2, 0.25) is 0 Å². The molecule has 0 fully saturated rings. The molecule has 0 aliphatic rings. The van der Waals surface area contributed by atoms with Gasteiger partial charge in [0.05, 0.1) is 5.56 Å². The molecule has 1 aromatic rings. The minimum absolute atomic E-state index is 0.195. The minimum Gasteiger partial charge on any atom is -0.426 e. The monoisotopic (exact) mass is 265 g/mol. The first-order valence-corrected chi connectivity index (χ1v) is 6.23. The number of hydrogen-bond acceptors (Lipinski definition) is 5. The summed E-state index contributed by atoms with van der Waals surface area (Å²) in [6.07, 6.45) is 1.66. The SMILES string of the molecule is CCCc1c(C)nc(OC(C)=O)c(C)c1OC(C)=O. The fourth-order valence-electron chi connectivity index (χ4n) is 1.85. The van der Waals surface area contributed by atoms with Crippen LogP contribution >= 0.6 is 0 Å². The van der Waals surface area contributed by atoms with Gasteiger partial charge in [-0.05, 0) is 20.3 Å². The number of aryl methyl sites for hydroxylation is 1. The topological polar surface area (TPSA) is 65.5 Å². The highest BCUT2D eigenvalue weighted by molar-refractivity contribution is 5.72. The maximum absolute atomic E-state index is 11.2. The van der Waals surface area contributed by atoms with Crippen LogP contribution in [0.5, 0.6) is 11.6 Å². The normalized spacial score (nSPS) is 10.2. The molecule has 0 N–H and O–H groups in total. The van der Waals surface area contributed by atoms with E-state index in [1.54, 1.807) is 6.92 Å². The molecule has 1 rings (SSSR count). The number of ether oxygens (including phenoxy) is 2. The summed E-state index contributed by atoms with van der Waals surface area (Å²) in [5.41, 5.74) is 2.16. The van der Waals surface area contributed by atoms with Crippen LogP contribution in [0.1, 0.15) is 44.0 Å². The molecule has 104 valence electrons. The number of nitrogens with zero attached hydrogens (tertiary/aromatic N) is 1. The predicted molar refractivity (Wildman–Crippen MR) is 70.3 cm³/mol. The van der Waals surface area contributed by atoms with Gasteiger partial charge in [0.2, 0.25) is 5.88 Å². The molecule has 0 aromatic carbocycles. The van der Waals surface area contributed by atoms with E-state index in [4.69, 9.17) is 9.47 Å². The zero-order chi connectivity index (χ0) is 14.6. The highest BCUT2D eigenvalue weighted by atomic mass is 16.5. The van der Waals surface area contributed by atoms with Crippen LogP contribution in [0, 0.1) is 13.8 Å². The van der Waals surface area contributed by atoms with Gasteiger partial charge in [-0.15, -0.1) is 0 Å². The summed E-state index contributed by atoms with van der Waals surface area (Å²) in [5.74, 6) is -0.203. The molecular weight excluding hydrogens is 246 g/mol. The first-order chi connectivity index (χ1) is 8.86. The summed E-state index contributed by atoms with van der Waals surface area (Å²) in [5, 5.41) is 0. The maximum atomic E-state index is 11.2. The molecular formula is C14H19NO4. The smallest absolute Gasteiger partial charge is 0.309 e. The molecule has 0 atom stereocenters. The van der Waals surface area contributed by atoms with Gasteiger partial charge in [0.1, 0.15) is 5.75 Å². The van der Waals surface area contributed by atoms with Crippen molar-refractivity contribution in [2.45, 2.75) is 47.5 Å². The van der Waals surface area contributed by atoms with Crippen LogP contribution in [0.4, 0.5) is 0 Å². The first kappa shape index (κ1) is 15.1. The lowest BCUT2D eigenvalue weighted by Gasteiger charge is -2.16. The average Bonchev–Trinajstić information content (AvgIpc) is 2.29. The Labute approximate surface area is 112 Å². The van der Waals surface area contributed by atoms with Crippen LogP contribution in [-0.2, 0) is 16.0 Å². The van der Waals surface area contributed by atoms with Crippen molar-refractivity contribution in [3.63, 3.8) is 0 Å². The summed E-state index contributed by atoms with van der Waals surface area (Å²) < 4.78 is 10.3. The van der Waals surface area contributed by atoms with E-state index in [1.165, 1.54) is 13.8 Å². The fourth-order valence-corrected chi connectivity index (χ4v) is 1.85. The highest BCUT2D eigenvalue weighted by Gasteiger charge is 2.19. The van der Waals surface area contributed by atoms with Gasteiger partial charge in [-0.1, -0.05) is 13.3 Å². The van der Waals surface area contributed by atoms with E-state index in [1.807, 2.05) is 13.8 Å². The Kier molecular flexibility index (Phi) is 5.03. The van der Waals surface area contributed by atoms with E-state index < -0.39 is 11.9 Å². The molecule has 0 spiro atoms. The lowest BCUT2D eigenvalue weighted by atomic mass is 10.0. The summed E-state index contributed by atoms with van der Waals surface area (Å²) >= 11 is 0. The van der Waals surface area contributed by atoms with Gasteiger partial charge in [0.25, 0.3) is 0 Å². The summed E-state index contributed by atoms with van der Waals surface area (Å²) in [6.45, 7) is 8.22. The van der Waals surface area contributed by atoms with Crippen molar-refractivity contribution >= 4 is 11.9 Å². The first-order valence-electron chi connectivity index (χ1n) is 6.23. The van der Waals surface area contributed by atoms with Crippen LogP contribution in [0.3, 0.4) is 0 Å². The minimum atomic E-state index is -0.452. The van der Waals surface area contributed by atoms with E-state index in [0.717, 1.165) is 18.4 Å². The molecule has 0 aliphatic heterocycles. The zero-order valence-electron chi connectivity index (χ0n) is 12.0. The van der Waals surface area contributed by atoms with Gasteiger partial charge < -0.3 is 9.47 Å². The number of esters is 2. The van der Waals surface area contributed by atoms with Crippen LogP contribution < -0.4 is 9.47 Å². The second kappa shape index (κ2) is 6.31. The second-order valence-corrected chi connectivity index (χ2v) is 4.37. The Morgan fingerprint density at radius 3 is 2.16 bits per heavy atom. The highest BCUT2D eigenvalue weighted by Crippen LogP contribution is 2.33. The molecule has 0 aliphatic carbocycles. The molecule has 0 saturated heterocycles. The molecule has 0 radical (unpaired) electrons. The van der Waals surface area contributed by atoms with Crippen molar-refractivity contribution in [3.05, 3.63) is 16.8 Å². The van der Waals surface area contributed by atoms with Gasteiger partial charge in [0, 0.05) is 25.1 Å². The summed E-state index contributed by atoms with van der Waals surface area (Å²) in [6, 6.07) is 0. The van der Waals surface area contributed by atoms with Crippen LogP contribution in [0.15, 0.2) is 0 Å². The lowest BCUT2D eigenvalue weighted by molar-refractivity contribution is -0.132. The van der Waals surface area contributed by atoms with Crippen molar-refractivity contribution in [2.24, 2.45) is 0 Å². The summed E-state index contributed by atoms with van der Waals surface area (Å²) in [7, 11) is 0. The van der Waals surface area contributed by atoms with E-state index in [9.17, 15) is 9.59 Å². The lowest BCUT2D eigenvalue weighted by Crippen LogP contribution is -2.12. The average molecular weight is 265 g/mol. The Balaban J connectivity index is 3.37. The molecule has 1 aromatic heterocycles. The Morgan fingerprint density at radius 1 is 1.11 bits per heavy atom. The molecule has 1 heterocycles. The molecule has 0 amide bonds. The van der Waals surface area contributed by atoms with Gasteiger partial charge in [-0.25, -0.2) is 4.98 Å². The van der Waals surface area contributed by atoms with E-state index >= 15 is 0 Å². The van der Waals surface area contributed by atoms with Crippen LogP contribution in [-0.4, -0.2) is 16.9 Å². The third-order valence-electron chi connectivity index (χ3n) is 2.63. The van der Waals surface area contributed by atoms with Gasteiger partial charge in [0.15, 0.2) is 0 Å². The van der Waals surface area contributed by atoms with Gasteiger partial charge in [-0.3, -0.25) is 9.59 Å². The number of pyridine rings is 1. The number of carbonyl (C=O) groups excluding carboxylic acids is 2. The molecule has 5 nitrogen and oxygen atoms in total. The molecule has 0 unspecified atom stereocenters. The number of aromatic nitrogens is 1. The van der Waals surface area contributed by atoms with Crippen molar-refractivity contribution in [1.29, 1.82) is 0 Å². The Hall–Kier alpha value is -1.91. The fraction of sp³-hybridized carbons (Fsp3) is 0.500. The Morgan fingerprint density at radius 2 is 1.68 bits per heavy atom. The van der Waals surface area contributed by atoms with Crippen molar-refractivity contribution in [2.75, 3.05) is 0 Å².